The van der Waals surface area contributed by atoms with Crippen LogP contribution in [0.5, 0.6) is 5.75 Å². The summed E-state index contributed by atoms with van der Waals surface area (Å²) < 4.78 is 0. The Labute approximate surface area is 85.2 Å². The van der Waals surface area contributed by atoms with Gasteiger partial charge in [0.1, 0.15) is 5.75 Å². The highest BCUT2D eigenvalue weighted by Crippen LogP contribution is 2.37. The largest absolute Gasteiger partial charge is 0.508 e. The maximum Gasteiger partial charge on any atom is 0.116 e. The monoisotopic (exact) mass is 191 g/mol. The first-order chi connectivity index (χ1) is 6.59. The molecule has 1 aromatic rings. The van der Waals surface area contributed by atoms with Gasteiger partial charge < -0.3 is 10.0 Å². The summed E-state index contributed by atoms with van der Waals surface area (Å²) in [7, 11) is 2.12. The summed E-state index contributed by atoms with van der Waals surface area (Å²) in [5.41, 5.74) is 3.88. The van der Waals surface area contributed by atoms with Gasteiger partial charge in [0.25, 0.3) is 0 Å². The van der Waals surface area contributed by atoms with Gasteiger partial charge in [0.05, 0.1) is 0 Å². The molecule has 1 aliphatic rings. The molecule has 0 atom stereocenters. The van der Waals surface area contributed by atoms with Crippen LogP contribution in [0.2, 0.25) is 0 Å². The zero-order valence-electron chi connectivity index (χ0n) is 9.04. The van der Waals surface area contributed by atoms with Crippen molar-refractivity contribution in [2.24, 2.45) is 0 Å². The molecule has 0 aliphatic carbocycles. The Hall–Kier alpha value is -1.18. The van der Waals surface area contributed by atoms with Gasteiger partial charge in [-0.1, -0.05) is 13.8 Å². The minimum Gasteiger partial charge on any atom is -0.508 e. The number of phenolic OH excluding ortho intramolecular Hbond substituents is 1. The Balaban J connectivity index is 2.59. The first-order valence-electron chi connectivity index (χ1n) is 5.16. The zero-order valence-corrected chi connectivity index (χ0v) is 9.04. The van der Waals surface area contributed by atoms with E-state index in [-0.39, 0.29) is 0 Å². The summed E-state index contributed by atoms with van der Waals surface area (Å²) in [5, 5.41) is 9.59. The number of anilines is 1. The van der Waals surface area contributed by atoms with Crippen LogP contribution >= 0.6 is 0 Å². The average molecular weight is 191 g/mol. The van der Waals surface area contributed by atoms with Crippen molar-refractivity contribution >= 4 is 5.69 Å². The lowest BCUT2D eigenvalue weighted by Gasteiger charge is -2.19. The number of likely N-dealkylation sites (N-methyl/N-ethyl adjacent to an activating group) is 1. The number of aromatic hydroxyl groups is 1. The Morgan fingerprint density at radius 1 is 1.36 bits per heavy atom. The lowest BCUT2D eigenvalue weighted by molar-refractivity contribution is 0.473. The van der Waals surface area contributed by atoms with Gasteiger partial charge in [-0.3, -0.25) is 0 Å². The molecule has 0 fully saturated rings. The van der Waals surface area contributed by atoms with Crippen molar-refractivity contribution in [3.05, 3.63) is 23.3 Å². The van der Waals surface area contributed by atoms with E-state index < -0.39 is 0 Å². The van der Waals surface area contributed by atoms with Crippen molar-refractivity contribution in [1.29, 1.82) is 0 Å². The molecule has 0 unspecified atom stereocenters. The summed E-state index contributed by atoms with van der Waals surface area (Å²) in [6, 6.07) is 3.79. The minimum atomic E-state index is 0.405. The van der Waals surface area contributed by atoms with Gasteiger partial charge in [-0.15, -0.1) is 0 Å². The molecule has 0 radical (unpaired) electrons. The Kier molecular flexibility index (Phi) is 2.14. The molecule has 1 heterocycles. The highest BCUT2D eigenvalue weighted by Gasteiger charge is 2.21. The van der Waals surface area contributed by atoms with Crippen molar-refractivity contribution in [2.45, 2.75) is 26.2 Å². The zero-order chi connectivity index (χ0) is 10.3. The Morgan fingerprint density at radius 3 is 2.71 bits per heavy atom. The molecule has 2 heteroatoms. The fourth-order valence-corrected chi connectivity index (χ4v) is 2.20. The third-order valence-corrected chi connectivity index (χ3v) is 2.92. The van der Waals surface area contributed by atoms with Crippen LogP contribution in [0.25, 0.3) is 0 Å². The molecule has 0 amide bonds. The van der Waals surface area contributed by atoms with E-state index in [2.05, 4.69) is 25.8 Å². The van der Waals surface area contributed by atoms with Gasteiger partial charge in [-0.2, -0.15) is 0 Å². The molecule has 0 bridgehead atoms. The van der Waals surface area contributed by atoms with Gasteiger partial charge in [-0.25, -0.2) is 0 Å². The number of nitrogens with zero attached hydrogens (tertiary/aromatic N) is 1. The SMILES string of the molecule is CC(C)c1cc(O)cc2c1N(C)CC2. The number of phenols is 1. The molecule has 1 aromatic carbocycles. The fraction of sp³-hybridized carbons (Fsp3) is 0.500. The van der Waals surface area contributed by atoms with E-state index >= 15 is 0 Å². The smallest absolute Gasteiger partial charge is 0.116 e. The molecule has 0 aromatic heterocycles. The van der Waals surface area contributed by atoms with E-state index in [0.717, 1.165) is 13.0 Å². The lowest BCUT2D eigenvalue weighted by Crippen LogP contribution is -2.14. The van der Waals surface area contributed by atoms with Gasteiger partial charge in [0.15, 0.2) is 0 Å². The molecule has 2 rings (SSSR count). The molecule has 0 spiro atoms. The standard InChI is InChI=1S/C12H17NO/c1-8(2)11-7-10(14)6-9-4-5-13(3)12(9)11/h6-8,14H,4-5H2,1-3H3. The number of hydrogen-bond donors (Lipinski definition) is 1. The molecule has 1 aliphatic heterocycles. The van der Waals surface area contributed by atoms with Crippen LogP contribution in [0.3, 0.4) is 0 Å². The van der Waals surface area contributed by atoms with E-state index in [4.69, 9.17) is 0 Å². The van der Waals surface area contributed by atoms with Crippen molar-refractivity contribution in [3.63, 3.8) is 0 Å². The minimum absolute atomic E-state index is 0.405. The predicted molar refractivity (Wildman–Crippen MR) is 59.2 cm³/mol. The van der Waals surface area contributed by atoms with E-state index in [0.29, 0.717) is 11.7 Å². The third-order valence-electron chi connectivity index (χ3n) is 2.92. The topological polar surface area (TPSA) is 23.5 Å². The quantitative estimate of drug-likeness (QED) is 0.737. The van der Waals surface area contributed by atoms with E-state index in [9.17, 15) is 5.11 Å². The normalized spacial score (nSPS) is 15.0. The molecule has 76 valence electrons. The second-order valence-electron chi connectivity index (χ2n) is 4.37. The highest BCUT2D eigenvalue weighted by molar-refractivity contribution is 5.65. The number of benzene rings is 1. The fourth-order valence-electron chi connectivity index (χ4n) is 2.20. The van der Waals surface area contributed by atoms with Crippen LogP contribution in [0, 0.1) is 0 Å². The number of rotatable bonds is 1. The highest BCUT2D eigenvalue weighted by atomic mass is 16.3. The second kappa shape index (κ2) is 3.19. The second-order valence-corrected chi connectivity index (χ2v) is 4.37. The third kappa shape index (κ3) is 1.35. The molecular formula is C12H17NO. The van der Waals surface area contributed by atoms with Crippen molar-refractivity contribution in [3.8, 4) is 5.75 Å². The van der Waals surface area contributed by atoms with Crippen LogP contribution in [0.15, 0.2) is 12.1 Å². The van der Waals surface area contributed by atoms with Crippen molar-refractivity contribution < 1.29 is 5.11 Å². The van der Waals surface area contributed by atoms with Gasteiger partial charge in [0, 0.05) is 19.3 Å². The molecule has 2 nitrogen and oxygen atoms in total. The van der Waals surface area contributed by atoms with E-state index in [1.165, 1.54) is 16.8 Å². The maximum atomic E-state index is 9.59. The summed E-state index contributed by atoms with van der Waals surface area (Å²) in [6.45, 7) is 5.40. The molecule has 1 N–H and O–H groups in total. The molecule has 14 heavy (non-hydrogen) atoms. The van der Waals surface area contributed by atoms with Crippen LogP contribution in [0.4, 0.5) is 5.69 Å². The Bertz CT molecular complexity index is 358. The van der Waals surface area contributed by atoms with Crippen molar-refractivity contribution in [1.82, 2.24) is 0 Å². The van der Waals surface area contributed by atoms with Crippen LogP contribution in [0.1, 0.15) is 30.9 Å². The lowest BCUT2D eigenvalue weighted by atomic mass is 9.97. The summed E-state index contributed by atoms with van der Waals surface area (Å²) in [5.74, 6) is 0.874. The average Bonchev–Trinajstić information content (AvgIpc) is 2.46. The number of fused-ring (bicyclic) bond motifs is 1. The van der Waals surface area contributed by atoms with Crippen LogP contribution in [-0.2, 0) is 6.42 Å². The summed E-state index contributed by atoms with van der Waals surface area (Å²) in [6.07, 6.45) is 1.06. The van der Waals surface area contributed by atoms with E-state index in [1.807, 2.05) is 12.1 Å². The number of hydrogen-bond acceptors (Lipinski definition) is 2. The van der Waals surface area contributed by atoms with Gasteiger partial charge in [-0.05, 0) is 35.6 Å². The maximum absolute atomic E-state index is 9.59. The first kappa shape index (κ1) is 9.38. The van der Waals surface area contributed by atoms with Gasteiger partial charge >= 0.3 is 0 Å². The van der Waals surface area contributed by atoms with Crippen LogP contribution < -0.4 is 4.90 Å². The van der Waals surface area contributed by atoms with Crippen molar-refractivity contribution in [2.75, 3.05) is 18.5 Å². The molecular weight excluding hydrogens is 174 g/mol. The predicted octanol–water partition coefficient (Wildman–Crippen LogP) is 2.51. The summed E-state index contributed by atoms with van der Waals surface area (Å²) >= 11 is 0. The van der Waals surface area contributed by atoms with E-state index in [1.54, 1.807) is 0 Å². The molecule has 0 saturated heterocycles. The van der Waals surface area contributed by atoms with Crippen LogP contribution in [-0.4, -0.2) is 18.7 Å². The Morgan fingerprint density at radius 2 is 2.07 bits per heavy atom. The summed E-state index contributed by atoms with van der Waals surface area (Å²) in [4.78, 5) is 2.28. The first-order valence-corrected chi connectivity index (χ1v) is 5.16. The molecule has 0 saturated carbocycles. The van der Waals surface area contributed by atoms with Gasteiger partial charge in [0.2, 0.25) is 0 Å².